The van der Waals surface area contributed by atoms with E-state index in [2.05, 4.69) is 27.7 Å². The van der Waals surface area contributed by atoms with Crippen LogP contribution in [0.3, 0.4) is 0 Å². The average molecular weight is 417 g/mol. The van der Waals surface area contributed by atoms with Crippen LogP contribution in [-0.4, -0.2) is 24.3 Å². The van der Waals surface area contributed by atoms with Crippen LogP contribution in [0.15, 0.2) is 0 Å². The molecule has 5 rings (SSSR count). The summed E-state index contributed by atoms with van der Waals surface area (Å²) in [6.07, 6.45) is 13.5. The SMILES string of the molecule is COC1CCC2(C)C(CCC3(C)C4CCC5(C(=O)O)CCCC5C4CCC32)C1(C)C. The van der Waals surface area contributed by atoms with E-state index in [-0.39, 0.29) is 10.8 Å². The number of ether oxygens (including phenoxy) is 1. The molecule has 0 saturated heterocycles. The Morgan fingerprint density at radius 1 is 0.800 bits per heavy atom. The summed E-state index contributed by atoms with van der Waals surface area (Å²) in [7, 11) is 1.91. The van der Waals surface area contributed by atoms with Crippen LogP contribution in [0.1, 0.15) is 98.3 Å². The molecule has 0 amide bonds. The lowest BCUT2D eigenvalue weighted by Gasteiger charge is -2.69. The first-order valence-corrected chi connectivity index (χ1v) is 12.9. The highest BCUT2D eigenvalue weighted by Crippen LogP contribution is 2.73. The lowest BCUT2D eigenvalue weighted by molar-refractivity contribution is -0.219. The number of carboxylic acids is 1. The summed E-state index contributed by atoms with van der Waals surface area (Å²) in [4.78, 5) is 12.4. The van der Waals surface area contributed by atoms with Crippen molar-refractivity contribution in [3.05, 3.63) is 0 Å². The maximum absolute atomic E-state index is 12.4. The van der Waals surface area contributed by atoms with E-state index in [1.54, 1.807) is 0 Å². The Bertz CT molecular complexity index is 715. The van der Waals surface area contributed by atoms with E-state index >= 15 is 0 Å². The minimum absolute atomic E-state index is 0.246. The van der Waals surface area contributed by atoms with Crippen LogP contribution >= 0.6 is 0 Å². The van der Waals surface area contributed by atoms with Gasteiger partial charge in [0, 0.05) is 7.11 Å². The molecule has 1 N–H and O–H groups in total. The molecule has 3 nitrogen and oxygen atoms in total. The smallest absolute Gasteiger partial charge is 0.309 e. The quantitative estimate of drug-likeness (QED) is 0.555. The van der Waals surface area contributed by atoms with Gasteiger partial charge in [-0.2, -0.15) is 0 Å². The summed E-state index contributed by atoms with van der Waals surface area (Å²) in [5.74, 6) is 2.89. The van der Waals surface area contributed by atoms with Gasteiger partial charge in [-0.05, 0) is 110 Å². The van der Waals surface area contributed by atoms with E-state index in [9.17, 15) is 9.90 Å². The molecule has 0 aromatic rings. The second-order valence-electron chi connectivity index (χ2n) is 13.1. The molecule has 0 aliphatic heterocycles. The van der Waals surface area contributed by atoms with Crippen LogP contribution in [0.4, 0.5) is 0 Å². The van der Waals surface area contributed by atoms with Gasteiger partial charge in [0.15, 0.2) is 0 Å². The van der Waals surface area contributed by atoms with Crippen molar-refractivity contribution >= 4 is 5.97 Å². The van der Waals surface area contributed by atoms with Crippen molar-refractivity contribution in [2.24, 2.45) is 51.2 Å². The fourth-order valence-electron chi connectivity index (χ4n) is 11.0. The number of rotatable bonds is 2. The fourth-order valence-corrected chi connectivity index (χ4v) is 11.0. The van der Waals surface area contributed by atoms with Gasteiger partial charge in [-0.15, -0.1) is 0 Å². The Hall–Kier alpha value is -0.570. The molecule has 0 bridgehead atoms. The standard InChI is InChI=1S/C27H44O3/c1-24(2)20-11-14-25(3)18-10-16-27(23(28)29)13-6-7-19(27)17(18)8-9-21(25)26(20,4)15-12-22(24)30-5/h17-22H,6-16H2,1-5H3,(H,28,29). The van der Waals surface area contributed by atoms with E-state index in [0.29, 0.717) is 28.8 Å². The summed E-state index contributed by atoms with van der Waals surface area (Å²) in [5, 5.41) is 10.2. The monoisotopic (exact) mass is 416 g/mol. The largest absolute Gasteiger partial charge is 0.481 e. The van der Waals surface area contributed by atoms with Crippen molar-refractivity contribution < 1.29 is 14.6 Å². The van der Waals surface area contributed by atoms with Gasteiger partial charge < -0.3 is 9.84 Å². The maximum atomic E-state index is 12.4. The molecule has 0 aromatic heterocycles. The fraction of sp³-hybridized carbons (Fsp3) is 0.963. The molecule has 0 heterocycles. The molecular weight excluding hydrogens is 372 g/mol. The van der Waals surface area contributed by atoms with E-state index in [4.69, 9.17) is 4.74 Å². The van der Waals surface area contributed by atoms with Gasteiger partial charge in [0.25, 0.3) is 0 Å². The van der Waals surface area contributed by atoms with Crippen LogP contribution < -0.4 is 0 Å². The van der Waals surface area contributed by atoms with E-state index in [0.717, 1.165) is 49.9 Å². The molecule has 3 heteroatoms. The second-order valence-corrected chi connectivity index (χ2v) is 13.1. The van der Waals surface area contributed by atoms with Crippen molar-refractivity contribution in [2.75, 3.05) is 7.11 Å². The number of carboxylic acid groups (broad SMARTS) is 1. The van der Waals surface area contributed by atoms with Crippen molar-refractivity contribution in [1.29, 1.82) is 0 Å². The van der Waals surface area contributed by atoms with Gasteiger partial charge in [-0.1, -0.05) is 34.1 Å². The number of fused-ring (bicyclic) bond motifs is 7. The number of hydrogen-bond donors (Lipinski definition) is 1. The van der Waals surface area contributed by atoms with Crippen LogP contribution in [0.2, 0.25) is 0 Å². The normalized spacial score (nSPS) is 54.4. The predicted molar refractivity (Wildman–Crippen MR) is 119 cm³/mol. The van der Waals surface area contributed by atoms with Gasteiger partial charge in [0.2, 0.25) is 0 Å². The number of hydrogen-bond acceptors (Lipinski definition) is 2. The Balaban J connectivity index is 1.47. The Labute approximate surface area is 183 Å². The maximum Gasteiger partial charge on any atom is 0.309 e. The van der Waals surface area contributed by atoms with Crippen LogP contribution in [0.5, 0.6) is 0 Å². The third-order valence-corrected chi connectivity index (χ3v) is 12.2. The molecule has 9 atom stereocenters. The molecule has 0 spiro atoms. The topological polar surface area (TPSA) is 46.5 Å². The zero-order valence-electron chi connectivity index (χ0n) is 20.0. The predicted octanol–water partition coefficient (Wildman–Crippen LogP) is 6.55. The molecule has 9 unspecified atom stereocenters. The average Bonchev–Trinajstić information content (AvgIpc) is 3.13. The molecule has 0 aromatic carbocycles. The summed E-state index contributed by atoms with van der Waals surface area (Å²) in [6, 6.07) is 0. The Morgan fingerprint density at radius 2 is 1.53 bits per heavy atom. The summed E-state index contributed by atoms with van der Waals surface area (Å²) < 4.78 is 5.97. The first-order valence-electron chi connectivity index (χ1n) is 12.9. The minimum Gasteiger partial charge on any atom is -0.481 e. The first-order chi connectivity index (χ1) is 14.1. The highest BCUT2D eigenvalue weighted by Gasteiger charge is 2.67. The summed E-state index contributed by atoms with van der Waals surface area (Å²) in [5.41, 5.74) is 0.672. The molecule has 0 radical (unpaired) electrons. The molecule has 30 heavy (non-hydrogen) atoms. The zero-order chi connectivity index (χ0) is 21.5. The van der Waals surface area contributed by atoms with Gasteiger partial charge in [-0.25, -0.2) is 0 Å². The summed E-state index contributed by atoms with van der Waals surface area (Å²) in [6.45, 7) is 10.2. The summed E-state index contributed by atoms with van der Waals surface area (Å²) >= 11 is 0. The second kappa shape index (κ2) is 6.72. The third-order valence-electron chi connectivity index (χ3n) is 12.2. The molecule has 5 fully saturated rings. The zero-order valence-corrected chi connectivity index (χ0v) is 20.0. The lowest BCUT2D eigenvalue weighted by atomic mass is 9.36. The minimum atomic E-state index is -0.481. The number of methoxy groups -OCH3 is 1. The van der Waals surface area contributed by atoms with Crippen molar-refractivity contribution in [2.45, 2.75) is 104 Å². The highest BCUT2D eigenvalue weighted by molar-refractivity contribution is 5.75. The number of aliphatic carboxylic acids is 1. The molecule has 5 aliphatic carbocycles. The Kier molecular flexibility index (Phi) is 4.77. The number of carbonyl (C=O) groups is 1. The van der Waals surface area contributed by atoms with Crippen LogP contribution in [0.25, 0.3) is 0 Å². The van der Waals surface area contributed by atoms with Gasteiger partial charge in [-0.3, -0.25) is 4.79 Å². The van der Waals surface area contributed by atoms with E-state index in [1.165, 1.54) is 38.5 Å². The van der Waals surface area contributed by atoms with Crippen molar-refractivity contribution in [3.8, 4) is 0 Å². The highest BCUT2D eigenvalue weighted by atomic mass is 16.5. The Morgan fingerprint density at radius 3 is 2.23 bits per heavy atom. The van der Waals surface area contributed by atoms with Crippen molar-refractivity contribution in [3.63, 3.8) is 0 Å². The molecular formula is C27H44O3. The van der Waals surface area contributed by atoms with E-state index in [1.807, 2.05) is 7.11 Å². The van der Waals surface area contributed by atoms with Gasteiger partial charge in [0.1, 0.15) is 0 Å². The van der Waals surface area contributed by atoms with Gasteiger partial charge in [0.05, 0.1) is 11.5 Å². The third kappa shape index (κ3) is 2.51. The van der Waals surface area contributed by atoms with Crippen LogP contribution in [0, 0.1) is 51.2 Å². The molecule has 170 valence electrons. The van der Waals surface area contributed by atoms with Crippen LogP contribution in [-0.2, 0) is 9.53 Å². The first kappa shape index (κ1) is 21.3. The molecule has 5 aliphatic rings. The van der Waals surface area contributed by atoms with Gasteiger partial charge >= 0.3 is 5.97 Å². The molecule has 5 saturated carbocycles. The lowest BCUT2D eigenvalue weighted by Crippen LogP contribution is -2.63. The van der Waals surface area contributed by atoms with E-state index < -0.39 is 5.97 Å². The van der Waals surface area contributed by atoms with Crippen molar-refractivity contribution in [1.82, 2.24) is 0 Å².